The molecule has 0 heterocycles. The molecule has 0 saturated heterocycles. The standard InChI is InChI=1S/C8H14O.C6H6O2/c1-7(2)5-9-6-8(3)4;7-5-3-1-2-4-6(5)8/h1,3,5-6H2,2,4H3;1-4,7-8H. The molecule has 94 valence electrons. The third kappa shape index (κ3) is 9.20. The van der Waals surface area contributed by atoms with Gasteiger partial charge in [-0.05, 0) is 26.0 Å². The summed E-state index contributed by atoms with van der Waals surface area (Å²) in [5, 5.41) is 17.3. The van der Waals surface area contributed by atoms with Crippen LogP contribution in [0.4, 0.5) is 0 Å². The second-order valence-electron chi connectivity index (χ2n) is 3.90. The van der Waals surface area contributed by atoms with Gasteiger partial charge in [-0.25, -0.2) is 0 Å². The molecule has 0 radical (unpaired) electrons. The molecule has 0 saturated carbocycles. The maximum absolute atomic E-state index is 8.67. The quantitative estimate of drug-likeness (QED) is 0.623. The number of benzene rings is 1. The molecule has 0 atom stereocenters. The second-order valence-corrected chi connectivity index (χ2v) is 3.90. The van der Waals surface area contributed by atoms with Gasteiger partial charge in [-0.3, -0.25) is 0 Å². The van der Waals surface area contributed by atoms with Crippen LogP contribution < -0.4 is 0 Å². The highest BCUT2D eigenvalue weighted by atomic mass is 16.5. The first-order valence-corrected chi connectivity index (χ1v) is 5.27. The molecular formula is C14H20O3. The number of hydrogen-bond donors (Lipinski definition) is 2. The van der Waals surface area contributed by atoms with E-state index in [-0.39, 0.29) is 11.5 Å². The van der Waals surface area contributed by atoms with Crippen molar-refractivity contribution in [2.45, 2.75) is 13.8 Å². The highest BCUT2D eigenvalue weighted by molar-refractivity contribution is 5.36. The smallest absolute Gasteiger partial charge is 0.157 e. The first-order chi connectivity index (χ1) is 7.93. The molecule has 0 aliphatic carbocycles. The lowest BCUT2D eigenvalue weighted by Gasteiger charge is -2.00. The zero-order valence-electron chi connectivity index (χ0n) is 10.4. The Morgan fingerprint density at radius 3 is 1.59 bits per heavy atom. The third-order valence-corrected chi connectivity index (χ3v) is 1.58. The van der Waals surface area contributed by atoms with Crippen LogP contribution in [-0.2, 0) is 4.74 Å². The fourth-order valence-corrected chi connectivity index (χ4v) is 0.864. The van der Waals surface area contributed by atoms with E-state index in [1.54, 1.807) is 12.1 Å². The van der Waals surface area contributed by atoms with E-state index in [9.17, 15) is 0 Å². The molecule has 0 aliphatic heterocycles. The maximum atomic E-state index is 8.67. The average molecular weight is 236 g/mol. The summed E-state index contributed by atoms with van der Waals surface area (Å²) >= 11 is 0. The van der Waals surface area contributed by atoms with Gasteiger partial charge in [-0.2, -0.15) is 0 Å². The molecule has 0 bridgehead atoms. The van der Waals surface area contributed by atoms with Crippen LogP contribution in [0.1, 0.15) is 13.8 Å². The first kappa shape index (κ1) is 15.3. The Labute approximate surface area is 103 Å². The first-order valence-electron chi connectivity index (χ1n) is 5.27. The summed E-state index contributed by atoms with van der Waals surface area (Å²) in [6.07, 6.45) is 0. The second kappa shape index (κ2) is 8.42. The molecule has 0 aromatic heterocycles. The van der Waals surface area contributed by atoms with Crippen LogP contribution in [0, 0.1) is 0 Å². The Balaban J connectivity index is 0.000000302. The van der Waals surface area contributed by atoms with Crippen LogP contribution in [0.5, 0.6) is 11.5 Å². The van der Waals surface area contributed by atoms with Crippen LogP contribution in [0.2, 0.25) is 0 Å². The van der Waals surface area contributed by atoms with Crippen molar-refractivity contribution in [1.29, 1.82) is 0 Å². The molecule has 0 unspecified atom stereocenters. The van der Waals surface area contributed by atoms with Crippen LogP contribution in [-0.4, -0.2) is 23.4 Å². The van der Waals surface area contributed by atoms with Crippen LogP contribution >= 0.6 is 0 Å². The molecule has 1 rings (SSSR count). The average Bonchev–Trinajstić information content (AvgIpc) is 2.22. The number of phenolic OH excluding ortho intramolecular Hbond substituents is 2. The lowest BCUT2D eigenvalue weighted by molar-refractivity contribution is 0.180. The molecule has 0 fully saturated rings. The van der Waals surface area contributed by atoms with E-state index in [0.29, 0.717) is 13.2 Å². The van der Waals surface area contributed by atoms with E-state index in [1.165, 1.54) is 12.1 Å². The van der Waals surface area contributed by atoms with Gasteiger partial charge < -0.3 is 14.9 Å². The summed E-state index contributed by atoms with van der Waals surface area (Å²) in [7, 11) is 0. The van der Waals surface area contributed by atoms with Gasteiger partial charge in [0.1, 0.15) is 0 Å². The molecule has 0 amide bonds. The predicted molar refractivity (Wildman–Crippen MR) is 70.2 cm³/mol. The van der Waals surface area contributed by atoms with E-state index in [0.717, 1.165) is 11.1 Å². The van der Waals surface area contributed by atoms with Crippen molar-refractivity contribution in [1.82, 2.24) is 0 Å². The minimum Gasteiger partial charge on any atom is -0.504 e. The van der Waals surface area contributed by atoms with Crippen LogP contribution in [0.25, 0.3) is 0 Å². The number of para-hydroxylation sites is 2. The summed E-state index contributed by atoms with van der Waals surface area (Å²) < 4.78 is 5.16. The van der Waals surface area contributed by atoms with E-state index >= 15 is 0 Å². The zero-order valence-corrected chi connectivity index (χ0v) is 10.4. The summed E-state index contributed by atoms with van der Waals surface area (Å²) in [6.45, 7) is 12.6. The van der Waals surface area contributed by atoms with Gasteiger partial charge in [0.15, 0.2) is 11.5 Å². The van der Waals surface area contributed by atoms with Crippen molar-refractivity contribution in [2.75, 3.05) is 13.2 Å². The molecule has 3 nitrogen and oxygen atoms in total. The zero-order chi connectivity index (χ0) is 13.3. The number of phenols is 2. The fourth-order valence-electron chi connectivity index (χ4n) is 0.864. The lowest BCUT2D eigenvalue weighted by atomic mass is 10.3. The summed E-state index contributed by atoms with van der Waals surface area (Å²) in [4.78, 5) is 0. The number of rotatable bonds is 4. The van der Waals surface area contributed by atoms with Gasteiger partial charge in [0.05, 0.1) is 13.2 Å². The van der Waals surface area contributed by atoms with E-state index in [4.69, 9.17) is 14.9 Å². The number of ether oxygens (including phenoxy) is 1. The molecular weight excluding hydrogens is 216 g/mol. The maximum Gasteiger partial charge on any atom is 0.157 e. The fraction of sp³-hybridized carbons (Fsp3) is 0.286. The van der Waals surface area contributed by atoms with Crippen molar-refractivity contribution < 1.29 is 14.9 Å². The minimum atomic E-state index is -0.0764. The molecule has 0 aliphatic rings. The van der Waals surface area contributed by atoms with Gasteiger partial charge >= 0.3 is 0 Å². The molecule has 17 heavy (non-hydrogen) atoms. The summed E-state index contributed by atoms with van der Waals surface area (Å²) in [5.41, 5.74) is 2.10. The Hall–Kier alpha value is -1.74. The SMILES string of the molecule is C=C(C)COCC(=C)C.Oc1ccccc1O. The van der Waals surface area contributed by atoms with Gasteiger partial charge in [0.25, 0.3) is 0 Å². The normalized spacial score (nSPS) is 9.06. The van der Waals surface area contributed by atoms with Crippen LogP contribution in [0.15, 0.2) is 48.6 Å². The largest absolute Gasteiger partial charge is 0.504 e. The summed E-state index contributed by atoms with van der Waals surface area (Å²) in [6, 6.07) is 6.15. The number of hydrogen-bond acceptors (Lipinski definition) is 3. The minimum absolute atomic E-state index is 0.0764. The predicted octanol–water partition coefficient (Wildman–Crippen LogP) is 3.25. The van der Waals surface area contributed by atoms with Crippen molar-refractivity contribution in [3.8, 4) is 11.5 Å². The lowest BCUT2D eigenvalue weighted by Crippen LogP contribution is -1.96. The Bertz CT molecular complexity index is 334. The molecule has 0 spiro atoms. The Morgan fingerprint density at radius 1 is 1.00 bits per heavy atom. The van der Waals surface area contributed by atoms with Gasteiger partial charge in [0.2, 0.25) is 0 Å². The van der Waals surface area contributed by atoms with E-state index in [1.807, 2.05) is 13.8 Å². The number of aromatic hydroxyl groups is 2. The van der Waals surface area contributed by atoms with Crippen LogP contribution in [0.3, 0.4) is 0 Å². The molecule has 2 N–H and O–H groups in total. The monoisotopic (exact) mass is 236 g/mol. The Morgan fingerprint density at radius 2 is 1.35 bits per heavy atom. The topological polar surface area (TPSA) is 49.7 Å². The summed E-state index contributed by atoms with van der Waals surface area (Å²) in [5.74, 6) is -0.153. The van der Waals surface area contributed by atoms with E-state index in [2.05, 4.69) is 13.2 Å². The highest BCUT2D eigenvalue weighted by Crippen LogP contribution is 2.21. The Kier molecular flexibility index (Phi) is 7.55. The van der Waals surface area contributed by atoms with Crippen molar-refractivity contribution in [3.63, 3.8) is 0 Å². The van der Waals surface area contributed by atoms with Gasteiger partial charge in [-0.15, -0.1) is 0 Å². The van der Waals surface area contributed by atoms with Crippen molar-refractivity contribution in [3.05, 3.63) is 48.6 Å². The van der Waals surface area contributed by atoms with E-state index < -0.39 is 0 Å². The third-order valence-electron chi connectivity index (χ3n) is 1.58. The molecule has 1 aromatic rings. The molecule has 3 heteroatoms. The van der Waals surface area contributed by atoms with Gasteiger partial charge in [0, 0.05) is 0 Å². The van der Waals surface area contributed by atoms with Crippen molar-refractivity contribution in [2.24, 2.45) is 0 Å². The van der Waals surface area contributed by atoms with Crippen molar-refractivity contribution >= 4 is 0 Å². The van der Waals surface area contributed by atoms with Gasteiger partial charge in [-0.1, -0.05) is 36.4 Å². The molecule has 1 aromatic carbocycles. The highest BCUT2D eigenvalue weighted by Gasteiger charge is 1.90.